The Bertz CT molecular complexity index is 410. The minimum absolute atomic E-state index is 0.0885. The van der Waals surface area contributed by atoms with Crippen molar-refractivity contribution in [1.29, 1.82) is 0 Å². The van der Waals surface area contributed by atoms with Crippen molar-refractivity contribution >= 4 is 37.8 Å². The summed E-state index contributed by atoms with van der Waals surface area (Å²) in [5, 5.41) is 8.61. The third-order valence-electron chi connectivity index (χ3n) is 1.66. The standard InChI is InChI=1S/C9H6Br2F2O3/c10-5-3-6(11)7(16-9(12)13)1-4(5)2-8(14)15/h1,3,9H,2H2,(H,14,15). The van der Waals surface area contributed by atoms with Crippen molar-refractivity contribution in [3.63, 3.8) is 0 Å². The maximum absolute atomic E-state index is 12.0. The quantitative estimate of drug-likeness (QED) is 0.895. The van der Waals surface area contributed by atoms with Crippen molar-refractivity contribution < 1.29 is 23.4 Å². The highest BCUT2D eigenvalue weighted by Crippen LogP contribution is 2.32. The molecule has 0 saturated heterocycles. The van der Waals surface area contributed by atoms with Crippen molar-refractivity contribution in [1.82, 2.24) is 0 Å². The van der Waals surface area contributed by atoms with Crippen LogP contribution in [0.15, 0.2) is 21.1 Å². The SMILES string of the molecule is O=C(O)Cc1cc(OC(F)F)c(Br)cc1Br. The van der Waals surface area contributed by atoms with Crippen LogP contribution in [0.4, 0.5) is 8.78 Å². The molecule has 1 rings (SSSR count). The number of hydrogen-bond donors (Lipinski definition) is 1. The summed E-state index contributed by atoms with van der Waals surface area (Å²) in [6.45, 7) is -2.95. The van der Waals surface area contributed by atoms with Gasteiger partial charge in [0.05, 0.1) is 10.9 Å². The molecular weight excluding hydrogens is 354 g/mol. The lowest BCUT2D eigenvalue weighted by Gasteiger charge is -2.10. The Morgan fingerprint density at radius 2 is 2.00 bits per heavy atom. The van der Waals surface area contributed by atoms with Gasteiger partial charge < -0.3 is 9.84 Å². The number of benzene rings is 1. The number of ether oxygens (including phenoxy) is 1. The van der Waals surface area contributed by atoms with E-state index in [0.717, 1.165) is 0 Å². The third-order valence-corrected chi connectivity index (χ3v) is 3.02. The number of rotatable bonds is 4. The zero-order valence-corrected chi connectivity index (χ0v) is 10.9. The fourth-order valence-corrected chi connectivity index (χ4v) is 2.28. The second-order valence-corrected chi connectivity index (χ2v) is 4.53. The fraction of sp³-hybridized carbons (Fsp3) is 0.222. The first-order valence-electron chi connectivity index (χ1n) is 4.04. The van der Waals surface area contributed by atoms with E-state index in [1.165, 1.54) is 12.1 Å². The highest BCUT2D eigenvalue weighted by atomic mass is 79.9. The first-order valence-corrected chi connectivity index (χ1v) is 5.63. The van der Waals surface area contributed by atoms with Gasteiger partial charge >= 0.3 is 12.6 Å². The van der Waals surface area contributed by atoms with Gasteiger partial charge in [0.2, 0.25) is 0 Å². The first-order chi connectivity index (χ1) is 7.40. The summed E-state index contributed by atoms with van der Waals surface area (Å²) < 4.78 is 29.1. The minimum atomic E-state index is -2.95. The molecule has 1 aromatic carbocycles. The molecule has 0 unspecified atom stereocenters. The number of carboxylic acid groups (broad SMARTS) is 1. The van der Waals surface area contributed by atoms with Gasteiger partial charge in [-0.15, -0.1) is 0 Å². The molecule has 7 heteroatoms. The van der Waals surface area contributed by atoms with E-state index >= 15 is 0 Å². The Balaban J connectivity index is 3.05. The third kappa shape index (κ3) is 3.71. The van der Waals surface area contributed by atoms with Crippen molar-refractivity contribution in [3.05, 3.63) is 26.6 Å². The van der Waals surface area contributed by atoms with E-state index in [4.69, 9.17) is 5.11 Å². The van der Waals surface area contributed by atoms with E-state index in [1.54, 1.807) is 0 Å². The lowest BCUT2D eigenvalue weighted by molar-refractivity contribution is -0.136. The lowest BCUT2D eigenvalue weighted by Crippen LogP contribution is -2.05. The Hall–Kier alpha value is -0.690. The van der Waals surface area contributed by atoms with Crippen molar-refractivity contribution in [2.75, 3.05) is 0 Å². The Kier molecular flexibility index (Phi) is 4.67. The van der Waals surface area contributed by atoms with Gasteiger partial charge in [-0.05, 0) is 33.6 Å². The maximum atomic E-state index is 12.0. The second-order valence-electron chi connectivity index (χ2n) is 2.82. The molecule has 0 spiro atoms. The average Bonchev–Trinajstić information content (AvgIpc) is 2.11. The molecule has 0 radical (unpaired) electrons. The largest absolute Gasteiger partial charge is 0.481 e. The molecule has 0 aliphatic heterocycles. The van der Waals surface area contributed by atoms with Gasteiger partial charge in [-0.25, -0.2) is 0 Å². The van der Waals surface area contributed by atoms with Crippen molar-refractivity contribution in [2.45, 2.75) is 13.0 Å². The van der Waals surface area contributed by atoms with E-state index in [2.05, 4.69) is 36.6 Å². The fourth-order valence-electron chi connectivity index (χ4n) is 1.06. The topological polar surface area (TPSA) is 46.5 Å². The van der Waals surface area contributed by atoms with Gasteiger partial charge in [-0.2, -0.15) is 8.78 Å². The smallest absolute Gasteiger partial charge is 0.387 e. The molecule has 1 N–H and O–H groups in total. The Labute approximate surface area is 107 Å². The van der Waals surface area contributed by atoms with Crippen LogP contribution in [0.1, 0.15) is 5.56 Å². The molecule has 88 valence electrons. The molecule has 0 aliphatic carbocycles. The molecule has 0 fully saturated rings. The molecule has 0 atom stereocenters. The number of hydrogen-bond acceptors (Lipinski definition) is 2. The predicted octanol–water partition coefficient (Wildman–Crippen LogP) is 3.44. The summed E-state index contributed by atoms with van der Waals surface area (Å²) in [4.78, 5) is 10.5. The van der Waals surface area contributed by atoms with Gasteiger partial charge in [-0.1, -0.05) is 15.9 Å². The van der Waals surface area contributed by atoms with Crippen molar-refractivity contribution in [3.8, 4) is 5.75 Å². The van der Waals surface area contributed by atoms with E-state index in [-0.39, 0.29) is 12.2 Å². The molecular formula is C9H6Br2F2O3. The van der Waals surface area contributed by atoms with Gasteiger partial charge in [0.15, 0.2) is 0 Å². The van der Waals surface area contributed by atoms with Crippen LogP contribution in [0, 0.1) is 0 Å². The predicted molar refractivity (Wildman–Crippen MR) is 59.8 cm³/mol. The Morgan fingerprint density at radius 3 is 2.50 bits per heavy atom. The van der Waals surface area contributed by atoms with Crippen LogP contribution in [0.3, 0.4) is 0 Å². The summed E-state index contributed by atoms with van der Waals surface area (Å²) in [5.74, 6) is -1.14. The molecule has 0 amide bonds. The van der Waals surface area contributed by atoms with Gasteiger partial charge in [0, 0.05) is 4.47 Å². The molecule has 0 aliphatic rings. The molecule has 0 saturated carbocycles. The van der Waals surface area contributed by atoms with Crippen LogP contribution < -0.4 is 4.74 Å². The molecule has 1 aromatic rings. The normalized spacial score (nSPS) is 10.6. The number of carbonyl (C=O) groups is 1. The van der Waals surface area contributed by atoms with Gasteiger partial charge in [0.1, 0.15) is 5.75 Å². The van der Waals surface area contributed by atoms with E-state index in [9.17, 15) is 13.6 Å². The number of carboxylic acids is 1. The highest BCUT2D eigenvalue weighted by Gasteiger charge is 2.13. The van der Waals surface area contributed by atoms with E-state index in [0.29, 0.717) is 14.5 Å². The van der Waals surface area contributed by atoms with Crippen LogP contribution in [0.25, 0.3) is 0 Å². The van der Waals surface area contributed by atoms with Crippen LogP contribution in [0.2, 0.25) is 0 Å². The van der Waals surface area contributed by atoms with Crippen LogP contribution in [0.5, 0.6) is 5.75 Å². The lowest BCUT2D eigenvalue weighted by atomic mass is 10.1. The number of aliphatic carboxylic acids is 1. The highest BCUT2D eigenvalue weighted by molar-refractivity contribution is 9.11. The summed E-state index contributed by atoms with van der Waals surface area (Å²) in [7, 11) is 0. The van der Waals surface area contributed by atoms with Gasteiger partial charge in [0.25, 0.3) is 0 Å². The van der Waals surface area contributed by atoms with Crippen LogP contribution >= 0.6 is 31.9 Å². The molecule has 3 nitrogen and oxygen atoms in total. The molecule has 0 heterocycles. The second kappa shape index (κ2) is 5.58. The summed E-state index contributed by atoms with van der Waals surface area (Å²) in [6.07, 6.45) is -0.270. The summed E-state index contributed by atoms with van der Waals surface area (Å²) in [5.41, 5.74) is 0.367. The Morgan fingerprint density at radius 1 is 1.38 bits per heavy atom. The molecule has 0 bridgehead atoms. The minimum Gasteiger partial charge on any atom is -0.481 e. The zero-order chi connectivity index (χ0) is 12.3. The monoisotopic (exact) mass is 358 g/mol. The first kappa shape index (κ1) is 13.4. The summed E-state index contributed by atoms with van der Waals surface area (Å²) >= 11 is 6.18. The van der Waals surface area contributed by atoms with E-state index < -0.39 is 12.6 Å². The van der Waals surface area contributed by atoms with Gasteiger partial charge in [-0.3, -0.25) is 4.79 Å². The molecule has 16 heavy (non-hydrogen) atoms. The van der Waals surface area contributed by atoms with Crippen molar-refractivity contribution in [2.24, 2.45) is 0 Å². The zero-order valence-electron chi connectivity index (χ0n) is 7.71. The van der Waals surface area contributed by atoms with Crippen LogP contribution in [-0.2, 0) is 11.2 Å². The molecule has 0 aromatic heterocycles. The average molecular weight is 360 g/mol. The van der Waals surface area contributed by atoms with Crippen LogP contribution in [-0.4, -0.2) is 17.7 Å². The summed E-state index contributed by atoms with van der Waals surface area (Å²) in [6, 6.07) is 2.73. The maximum Gasteiger partial charge on any atom is 0.387 e. The number of halogens is 4. The number of alkyl halides is 2. The van der Waals surface area contributed by atoms with E-state index in [1.807, 2.05) is 0 Å².